The van der Waals surface area contributed by atoms with Crippen LogP contribution in [0.15, 0.2) is 55.0 Å². The highest BCUT2D eigenvalue weighted by Crippen LogP contribution is 2.35. The number of hydrogen-bond acceptors (Lipinski definition) is 6. The number of rotatable bonds is 2. The Bertz CT molecular complexity index is 1410. The summed E-state index contributed by atoms with van der Waals surface area (Å²) in [6, 6.07) is 17.4. The van der Waals surface area contributed by atoms with E-state index in [-0.39, 0.29) is 0 Å². The van der Waals surface area contributed by atoms with Crippen LogP contribution in [0, 0.1) is 11.3 Å². The summed E-state index contributed by atoms with van der Waals surface area (Å²) in [4.78, 5) is 7.64. The predicted octanol–water partition coefficient (Wildman–Crippen LogP) is 2.97. The van der Waals surface area contributed by atoms with Crippen molar-refractivity contribution in [2.24, 2.45) is 0 Å². The van der Waals surface area contributed by atoms with Crippen LogP contribution in [0.2, 0.25) is 0 Å². The Kier molecular flexibility index (Phi) is 3.96. The van der Waals surface area contributed by atoms with E-state index in [1.165, 1.54) is 12.8 Å². The average molecular weight is 435 g/mol. The fraction of sp³-hybridized carbons (Fsp3) is 0.280. The zero-order valence-electron chi connectivity index (χ0n) is 18.0. The molecule has 8 heteroatoms. The summed E-state index contributed by atoms with van der Waals surface area (Å²) in [6.45, 7) is 2.80. The van der Waals surface area contributed by atoms with Gasteiger partial charge in [-0.2, -0.15) is 5.26 Å². The lowest BCUT2D eigenvalue weighted by atomic mass is 10.1. The summed E-state index contributed by atoms with van der Waals surface area (Å²) in [7, 11) is 0. The fourth-order valence-electron chi connectivity index (χ4n) is 5.60. The minimum absolute atomic E-state index is 0.539. The Morgan fingerprint density at radius 2 is 1.97 bits per heavy atom. The standard InChI is InChI=1S/C25H22N8/c26-12-16-1-3-17(4-2-16)18-11-23-25-30-28-15-33(25)21-5-6-24(29-20(21)14-31(23)13-18)32-10-8-19-22(32)7-9-27-19/h1-6,11,13,15,19,22,27H,7-10,14H2/t19-,22+/m1/s1. The van der Waals surface area contributed by atoms with Gasteiger partial charge in [0.1, 0.15) is 12.1 Å². The van der Waals surface area contributed by atoms with Crippen molar-refractivity contribution in [3.05, 3.63) is 66.2 Å². The molecule has 1 aromatic carbocycles. The predicted molar refractivity (Wildman–Crippen MR) is 124 cm³/mol. The second-order valence-corrected chi connectivity index (χ2v) is 8.99. The number of aromatic nitrogens is 5. The van der Waals surface area contributed by atoms with E-state index < -0.39 is 0 Å². The molecule has 162 valence electrons. The number of anilines is 1. The molecule has 0 unspecified atom stereocenters. The quantitative estimate of drug-likeness (QED) is 0.460. The normalized spacial score (nSPS) is 20.5. The Morgan fingerprint density at radius 1 is 1.06 bits per heavy atom. The van der Waals surface area contributed by atoms with Crippen molar-refractivity contribution in [2.75, 3.05) is 18.0 Å². The monoisotopic (exact) mass is 434 g/mol. The second kappa shape index (κ2) is 7.02. The molecule has 2 saturated heterocycles. The molecule has 8 nitrogen and oxygen atoms in total. The van der Waals surface area contributed by atoms with E-state index in [0.717, 1.165) is 52.9 Å². The molecule has 0 aliphatic carbocycles. The zero-order chi connectivity index (χ0) is 21.9. The van der Waals surface area contributed by atoms with Crippen LogP contribution in [0.5, 0.6) is 0 Å². The van der Waals surface area contributed by atoms with Gasteiger partial charge in [0, 0.05) is 30.4 Å². The topological polar surface area (TPSA) is 87.6 Å². The van der Waals surface area contributed by atoms with Gasteiger partial charge >= 0.3 is 0 Å². The zero-order valence-corrected chi connectivity index (χ0v) is 18.0. The maximum Gasteiger partial charge on any atom is 0.185 e. The second-order valence-electron chi connectivity index (χ2n) is 8.99. The summed E-state index contributed by atoms with van der Waals surface area (Å²) in [6.07, 6.45) is 6.27. The summed E-state index contributed by atoms with van der Waals surface area (Å²) < 4.78 is 4.25. The Labute approximate surface area is 191 Å². The lowest BCUT2D eigenvalue weighted by Gasteiger charge is -2.25. The first-order valence-electron chi connectivity index (χ1n) is 11.4. The molecule has 1 N–H and O–H groups in total. The van der Waals surface area contributed by atoms with Crippen molar-refractivity contribution in [3.63, 3.8) is 0 Å². The fourth-order valence-corrected chi connectivity index (χ4v) is 5.60. The molecule has 0 radical (unpaired) electrons. The van der Waals surface area contributed by atoms with Gasteiger partial charge in [-0.15, -0.1) is 10.2 Å². The van der Waals surface area contributed by atoms with Gasteiger partial charge in [0.25, 0.3) is 0 Å². The third-order valence-corrected chi connectivity index (χ3v) is 7.22. The van der Waals surface area contributed by atoms with E-state index in [4.69, 9.17) is 10.2 Å². The number of fused-ring (bicyclic) bond motifs is 6. The minimum atomic E-state index is 0.539. The Morgan fingerprint density at radius 3 is 2.85 bits per heavy atom. The molecule has 3 aliphatic heterocycles. The van der Waals surface area contributed by atoms with Gasteiger partial charge in [-0.25, -0.2) is 4.98 Å². The number of nitrogens with one attached hydrogen (secondary N) is 1. The van der Waals surface area contributed by atoms with Crippen LogP contribution in [0.4, 0.5) is 5.82 Å². The van der Waals surface area contributed by atoms with Crippen molar-refractivity contribution in [1.82, 2.24) is 29.6 Å². The average Bonchev–Trinajstić information content (AvgIpc) is 3.62. The molecule has 7 rings (SSSR count). The van der Waals surface area contributed by atoms with Gasteiger partial charge in [0.15, 0.2) is 5.82 Å². The molecular weight excluding hydrogens is 412 g/mol. The van der Waals surface area contributed by atoms with Crippen molar-refractivity contribution >= 4 is 5.82 Å². The van der Waals surface area contributed by atoms with Crippen molar-refractivity contribution in [3.8, 4) is 34.4 Å². The molecule has 3 aromatic heterocycles. The molecule has 0 amide bonds. The Hall–Kier alpha value is -3.96. The molecule has 0 spiro atoms. The van der Waals surface area contributed by atoms with Crippen LogP contribution in [0.25, 0.3) is 28.3 Å². The maximum atomic E-state index is 9.11. The highest BCUT2D eigenvalue weighted by molar-refractivity contribution is 5.71. The first-order valence-corrected chi connectivity index (χ1v) is 11.4. The highest BCUT2D eigenvalue weighted by atomic mass is 15.3. The lowest BCUT2D eigenvalue weighted by Crippen LogP contribution is -2.34. The first-order chi connectivity index (χ1) is 16.3. The highest BCUT2D eigenvalue weighted by Gasteiger charge is 2.38. The smallest absolute Gasteiger partial charge is 0.185 e. The molecule has 4 aromatic rings. The van der Waals surface area contributed by atoms with Gasteiger partial charge in [0.2, 0.25) is 0 Å². The van der Waals surface area contributed by atoms with Gasteiger partial charge in [-0.05, 0) is 55.3 Å². The van der Waals surface area contributed by atoms with E-state index in [1.807, 2.05) is 28.8 Å². The lowest BCUT2D eigenvalue weighted by molar-refractivity contribution is 0.599. The van der Waals surface area contributed by atoms with Crippen molar-refractivity contribution in [1.29, 1.82) is 5.26 Å². The number of nitrogens with zero attached hydrogens (tertiary/aromatic N) is 7. The van der Waals surface area contributed by atoms with Crippen LogP contribution in [-0.4, -0.2) is 49.5 Å². The van der Waals surface area contributed by atoms with E-state index in [9.17, 15) is 0 Å². The van der Waals surface area contributed by atoms with Gasteiger partial charge in [-0.1, -0.05) is 12.1 Å². The van der Waals surface area contributed by atoms with Crippen LogP contribution < -0.4 is 10.2 Å². The third kappa shape index (κ3) is 2.82. The van der Waals surface area contributed by atoms with Crippen LogP contribution >= 0.6 is 0 Å². The number of hydrogen-bond donors (Lipinski definition) is 1. The van der Waals surface area contributed by atoms with E-state index in [0.29, 0.717) is 24.2 Å². The molecule has 0 saturated carbocycles. The first kappa shape index (κ1) is 18.6. The van der Waals surface area contributed by atoms with Crippen molar-refractivity contribution < 1.29 is 0 Å². The summed E-state index contributed by atoms with van der Waals surface area (Å²) in [5, 5.41) is 21.4. The van der Waals surface area contributed by atoms with Crippen molar-refractivity contribution in [2.45, 2.75) is 31.5 Å². The molecule has 6 heterocycles. The summed E-state index contributed by atoms with van der Waals surface area (Å²) >= 11 is 0. The van der Waals surface area contributed by atoms with E-state index >= 15 is 0 Å². The third-order valence-electron chi connectivity index (χ3n) is 7.22. The maximum absolute atomic E-state index is 9.11. The number of nitriles is 1. The Balaban J connectivity index is 1.31. The SMILES string of the molecule is N#Cc1ccc(-c2cc3n(c2)Cc2nc(N4CC[C@H]5NCC[C@@H]54)ccc2-n2cnnc2-3)cc1. The van der Waals surface area contributed by atoms with Crippen LogP contribution in [-0.2, 0) is 6.54 Å². The molecule has 0 bridgehead atoms. The largest absolute Gasteiger partial charge is 0.352 e. The van der Waals surface area contributed by atoms with Crippen LogP contribution in [0.1, 0.15) is 24.1 Å². The number of benzene rings is 1. The van der Waals surface area contributed by atoms with Gasteiger partial charge in [0.05, 0.1) is 35.3 Å². The van der Waals surface area contributed by atoms with Crippen LogP contribution in [0.3, 0.4) is 0 Å². The summed E-state index contributed by atoms with van der Waals surface area (Å²) in [5.41, 5.74) is 5.87. The van der Waals surface area contributed by atoms with E-state index in [2.05, 4.69) is 55.4 Å². The minimum Gasteiger partial charge on any atom is -0.352 e. The molecule has 3 aliphatic rings. The molecule has 2 fully saturated rings. The number of pyridine rings is 1. The molecule has 33 heavy (non-hydrogen) atoms. The molecule has 2 atom stereocenters. The summed E-state index contributed by atoms with van der Waals surface area (Å²) in [5.74, 6) is 1.87. The van der Waals surface area contributed by atoms with Gasteiger partial charge < -0.3 is 14.8 Å². The molecular formula is C25H22N8. The van der Waals surface area contributed by atoms with E-state index in [1.54, 1.807) is 6.33 Å². The van der Waals surface area contributed by atoms with Gasteiger partial charge in [-0.3, -0.25) is 4.57 Å².